The van der Waals surface area contributed by atoms with Crippen LogP contribution in [0.3, 0.4) is 0 Å². The summed E-state index contributed by atoms with van der Waals surface area (Å²) in [6.45, 7) is 1.66. The molecule has 0 saturated heterocycles. The molecule has 0 aromatic carbocycles. The summed E-state index contributed by atoms with van der Waals surface area (Å²) in [7, 11) is 1.55. The fraction of sp³-hybridized carbons (Fsp3) is 0.818. The average Bonchev–Trinajstić information content (AvgIpc) is 2.17. The molecule has 1 aliphatic rings. The quantitative estimate of drug-likeness (QED) is 0.662. The van der Waals surface area contributed by atoms with Gasteiger partial charge in [0.1, 0.15) is 11.9 Å². The minimum Gasteiger partial charge on any atom is -0.459 e. The van der Waals surface area contributed by atoms with Gasteiger partial charge in [-0.05, 0) is 12.8 Å². The molecule has 0 radical (unpaired) electrons. The fourth-order valence-electron chi connectivity index (χ4n) is 2.01. The van der Waals surface area contributed by atoms with E-state index in [2.05, 4.69) is 0 Å². The van der Waals surface area contributed by atoms with E-state index in [-0.39, 0.29) is 17.7 Å². The van der Waals surface area contributed by atoms with E-state index in [1.165, 1.54) is 6.92 Å². The van der Waals surface area contributed by atoms with E-state index in [1.54, 1.807) is 7.11 Å². The Balaban J connectivity index is 2.59. The zero-order valence-corrected chi connectivity index (χ0v) is 9.32. The first-order valence-electron chi connectivity index (χ1n) is 5.34. The highest BCUT2D eigenvalue weighted by Gasteiger charge is 2.32. The summed E-state index contributed by atoms with van der Waals surface area (Å²) in [4.78, 5) is 22.5. The van der Waals surface area contributed by atoms with Gasteiger partial charge in [-0.3, -0.25) is 9.59 Å². The van der Waals surface area contributed by atoms with E-state index >= 15 is 0 Å². The molecule has 2 atom stereocenters. The second-order valence-corrected chi connectivity index (χ2v) is 3.92. The summed E-state index contributed by atoms with van der Waals surface area (Å²) in [6, 6.07) is 0. The number of esters is 1. The summed E-state index contributed by atoms with van der Waals surface area (Å²) in [6.07, 6.45) is 2.99. The van der Waals surface area contributed by atoms with Crippen LogP contribution in [0.15, 0.2) is 0 Å². The average molecular weight is 214 g/mol. The van der Waals surface area contributed by atoms with Crippen molar-refractivity contribution in [2.45, 2.75) is 38.7 Å². The number of hydrogen-bond donors (Lipinski definition) is 0. The number of carbonyl (C=O) groups excluding carboxylic acids is 2. The van der Waals surface area contributed by atoms with Crippen LogP contribution < -0.4 is 0 Å². The van der Waals surface area contributed by atoms with Gasteiger partial charge in [-0.1, -0.05) is 6.42 Å². The topological polar surface area (TPSA) is 52.6 Å². The van der Waals surface area contributed by atoms with Crippen molar-refractivity contribution < 1.29 is 19.1 Å². The highest BCUT2D eigenvalue weighted by molar-refractivity contribution is 5.82. The summed E-state index contributed by atoms with van der Waals surface area (Å²) in [5.74, 6) is -0.317. The summed E-state index contributed by atoms with van der Waals surface area (Å²) in [5.41, 5.74) is 0. The molecule has 0 aromatic rings. The maximum atomic E-state index is 11.6. The zero-order valence-electron chi connectivity index (χ0n) is 9.32. The van der Waals surface area contributed by atoms with Crippen molar-refractivity contribution in [3.63, 3.8) is 0 Å². The number of carbonyl (C=O) groups is 2. The Hall–Kier alpha value is -0.900. The lowest BCUT2D eigenvalue weighted by Gasteiger charge is -2.27. The van der Waals surface area contributed by atoms with Crippen molar-refractivity contribution in [3.05, 3.63) is 0 Å². The number of hydrogen-bond acceptors (Lipinski definition) is 4. The maximum Gasteiger partial charge on any atom is 0.303 e. The summed E-state index contributed by atoms with van der Waals surface area (Å²) >= 11 is 0. The molecule has 86 valence electrons. The molecule has 0 aliphatic heterocycles. The molecule has 0 spiro atoms. The molecule has 0 bridgehead atoms. The minimum absolute atomic E-state index is 0.164. The van der Waals surface area contributed by atoms with E-state index in [4.69, 9.17) is 9.47 Å². The van der Waals surface area contributed by atoms with Gasteiger partial charge in [0.15, 0.2) is 0 Å². The van der Waals surface area contributed by atoms with E-state index in [9.17, 15) is 9.59 Å². The van der Waals surface area contributed by atoms with E-state index in [0.29, 0.717) is 13.0 Å². The standard InChI is InChI=1S/C11H18O4/c1-8(12)15-11(7-14-2)9-5-3-4-6-10(9)13/h9,11H,3-7H2,1-2H3. The fourth-order valence-corrected chi connectivity index (χ4v) is 2.01. The van der Waals surface area contributed by atoms with Crippen molar-refractivity contribution in [3.8, 4) is 0 Å². The molecule has 1 aliphatic carbocycles. The van der Waals surface area contributed by atoms with E-state index < -0.39 is 6.10 Å². The van der Waals surface area contributed by atoms with Gasteiger partial charge in [0.25, 0.3) is 0 Å². The highest BCUT2D eigenvalue weighted by atomic mass is 16.6. The monoisotopic (exact) mass is 214 g/mol. The number of methoxy groups -OCH3 is 1. The third-order valence-corrected chi connectivity index (χ3v) is 2.70. The lowest BCUT2D eigenvalue weighted by Crippen LogP contribution is -2.37. The molecule has 2 unspecified atom stereocenters. The molecular weight excluding hydrogens is 196 g/mol. The third-order valence-electron chi connectivity index (χ3n) is 2.70. The van der Waals surface area contributed by atoms with E-state index in [1.807, 2.05) is 0 Å². The summed E-state index contributed by atoms with van der Waals surface area (Å²) in [5, 5.41) is 0. The number of ether oxygens (including phenoxy) is 2. The Morgan fingerprint density at radius 3 is 2.80 bits per heavy atom. The second-order valence-electron chi connectivity index (χ2n) is 3.92. The number of rotatable bonds is 4. The molecule has 1 saturated carbocycles. The largest absolute Gasteiger partial charge is 0.459 e. The van der Waals surface area contributed by atoms with Crippen LogP contribution in [0.4, 0.5) is 0 Å². The van der Waals surface area contributed by atoms with Crippen molar-refractivity contribution in [1.82, 2.24) is 0 Å². The van der Waals surface area contributed by atoms with Crippen LogP contribution in [0.1, 0.15) is 32.6 Å². The molecule has 0 heterocycles. The molecular formula is C11H18O4. The van der Waals surface area contributed by atoms with Gasteiger partial charge in [-0.15, -0.1) is 0 Å². The maximum absolute atomic E-state index is 11.6. The van der Waals surface area contributed by atoms with Gasteiger partial charge in [-0.2, -0.15) is 0 Å². The minimum atomic E-state index is -0.403. The van der Waals surface area contributed by atoms with Crippen LogP contribution in [0, 0.1) is 5.92 Å². The molecule has 4 nitrogen and oxygen atoms in total. The normalized spacial score (nSPS) is 23.6. The van der Waals surface area contributed by atoms with Crippen LogP contribution in [0.5, 0.6) is 0 Å². The van der Waals surface area contributed by atoms with Crippen molar-refractivity contribution >= 4 is 11.8 Å². The highest BCUT2D eigenvalue weighted by Crippen LogP contribution is 2.25. The van der Waals surface area contributed by atoms with Crippen LogP contribution >= 0.6 is 0 Å². The van der Waals surface area contributed by atoms with Gasteiger partial charge in [-0.25, -0.2) is 0 Å². The van der Waals surface area contributed by atoms with Gasteiger partial charge < -0.3 is 9.47 Å². The van der Waals surface area contributed by atoms with Crippen LogP contribution in [0.2, 0.25) is 0 Å². The molecule has 1 rings (SSSR count). The van der Waals surface area contributed by atoms with Crippen molar-refractivity contribution in [2.24, 2.45) is 5.92 Å². The molecule has 15 heavy (non-hydrogen) atoms. The third kappa shape index (κ3) is 3.63. The first-order valence-corrected chi connectivity index (χ1v) is 5.34. The van der Waals surface area contributed by atoms with Gasteiger partial charge >= 0.3 is 5.97 Å². The number of Topliss-reactive ketones (excluding diaryl/α,β-unsaturated/α-hetero) is 1. The molecule has 4 heteroatoms. The smallest absolute Gasteiger partial charge is 0.303 e. The van der Waals surface area contributed by atoms with Crippen LogP contribution in [-0.4, -0.2) is 31.6 Å². The predicted octanol–water partition coefficient (Wildman–Crippen LogP) is 1.32. The van der Waals surface area contributed by atoms with Gasteiger partial charge in [0, 0.05) is 20.5 Å². The Bertz CT molecular complexity index is 237. The Labute approximate surface area is 89.9 Å². The molecule has 0 N–H and O–H groups in total. The second kappa shape index (κ2) is 5.85. The van der Waals surface area contributed by atoms with Crippen LogP contribution in [-0.2, 0) is 19.1 Å². The van der Waals surface area contributed by atoms with Crippen molar-refractivity contribution in [1.29, 1.82) is 0 Å². The van der Waals surface area contributed by atoms with Gasteiger partial charge in [0.05, 0.1) is 12.5 Å². The van der Waals surface area contributed by atoms with E-state index in [0.717, 1.165) is 19.3 Å². The van der Waals surface area contributed by atoms with Crippen molar-refractivity contribution in [2.75, 3.05) is 13.7 Å². The summed E-state index contributed by atoms with van der Waals surface area (Å²) < 4.78 is 10.1. The Morgan fingerprint density at radius 1 is 1.53 bits per heavy atom. The molecule has 0 aromatic heterocycles. The first-order chi connectivity index (χ1) is 7.15. The lowest BCUT2D eigenvalue weighted by molar-refractivity contribution is -0.155. The van der Waals surface area contributed by atoms with Crippen LogP contribution in [0.25, 0.3) is 0 Å². The molecule has 1 fully saturated rings. The SMILES string of the molecule is COCC(OC(C)=O)C1CCCCC1=O. The number of ketones is 1. The predicted molar refractivity (Wildman–Crippen MR) is 54.4 cm³/mol. The van der Waals surface area contributed by atoms with Gasteiger partial charge in [0.2, 0.25) is 0 Å². The molecule has 0 amide bonds. The Morgan fingerprint density at radius 2 is 2.27 bits per heavy atom. The zero-order chi connectivity index (χ0) is 11.3. The lowest BCUT2D eigenvalue weighted by atomic mass is 9.84. The first kappa shape index (κ1) is 12.2. The Kier molecular flexibility index (Phi) is 4.75.